The van der Waals surface area contributed by atoms with Crippen molar-refractivity contribution in [1.29, 1.82) is 5.26 Å². The maximum absolute atomic E-state index is 9.01. The molecule has 3 nitrogen and oxygen atoms in total. The third-order valence-corrected chi connectivity index (χ3v) is 3.94. The van der Waals surface area contributed by atoms with Crippen molar-refractivity contribution in [3.05, 3.63) is 58.1 Å². The van der Waals surface area contributed by atoms with E-state index in [1.165, 1.54) is 5.56 Å². The third-order valence-electron chi connectivity index (χ3n) is 3.28. The third kappa shape index (κ3) is 3.99. The van der Waals surface area contributed by atoms with Crippen molar-refractivity contribution in [2.45, 2.75) is 19.9 Å². The van der Waals surface area contributed by atoms with E-state index in [1.807, 2.05) is 30.3 Å². The van der Waals surface area contributed by atoms with Crippen LogP contribution in [0.2, 0.25) is 0 Å². The van der Waals surface area contributed by atoms with Crippen LogP contribution in [0.1, 0.15) is 24.5 Å². The minimum Gasteiger partial charge on any atom is -0.399 e. The molecule has 0 saturated heterocycles. The van der Waals surface area contributed by atoms with Crippen molar-refractivity contribution in [1.82, 2.24) is 0 Å². The number of nitrogens with zero attached hydrogens (tertiary/aromatic N) is 2. The highest BCUT2D eigenvalue weighted by atomic mass is 79.9. The summed E-state index contributed by atoms with van der Waals surface area (Å²) in [7, 11) is 0. The van der Waals surface area contributed by atoms with Gasteiger partial charge in [-0.15, -0.1) is 0 Å². The Kier molecular flexibility index (Phi) is 5.24. The Morgan fingerprint density at radius 3 is 2.48 bits per heavy atom. The smallest absolute Gasteiger partial charge is 0.100 e. The molecule has 2 rings (SSSR count). The van der Waals surface area contributed by atoms with Gasteiger partial charge >= 0.3 is 0 Å². The maximum atomic E-state index is 9.01. The molecule has 0 saturated carbocycles. The molecule has 108 valence electrons. The minimum absolute atomic E-state index is 0.655. The summed E-state index contributed by atoms with van der Waals surface area (Å²) in [4.78, 5) is 2.30. The quantitative estimate of drug-likeness (QED) is 0.822. The number of anilines is 2. The molecule has 0 aliphatic rings. The van der Waals surface area contributed by atoms with Crippen molar-refractivity contribution in [3.8, 4) is 6.07 Å². The van der Waals surface area contributed by atoms with Crippen molar-refractivity contribution < 1.29 is 0 Å². The van der Waals surface area contributed by atoms with Crippen LogP contribution in [0.15, 0.2) is 46.9 Å². The van der Waals surface area contributed by atoms with Gasteiger partial charge in [0.2, 0.25) is 0 Å². The fraction of sp³-hybridized carbons (Fsp3) is 0.235. The largest absolute Gasteiger partial charge is 0.399 e. The minimum atomic E-state index is 0.655. The van der Waals surface area contributed by atoms with Crippen molar-refractivity contribution in [3.63, 3.8) is 0 Å². The van der Waals surface area contributed by atoms with Gasteiger partial charge in [-0.3, -0.25) is 0 Å². The van der Waals surface area contributed by atoms with Crippen molar-refractivity contribution >= 4 is 27.3 Å². The highest BCUT2D eigenvalue weighted by molar-refractivity contribution is 9.10. The molecule has 2 aromatic carbocycles. The predicted octanol–water partition coefficient (Wildman–Crippen LogP) is 4.32. The van der Waals surface area contributed by atoms with Gasteiger partial charge in [0.1, 0.15) is 6.07 Å². The Labute approximate surface area is 134 Å². The average Bonchev–Trinajstić information content (AvgIpc) is 2.49. The summed E-state index contributed by atoms with van der Waals surface area (Å²) in [5, 5.41) is 9.01. The van der Waals surface area contributed by atoms with E-state index in [0.717, 1.165) is 35.4 Å². The zero-order valence-corrected chi connectivity index (χ0v) is 13.6. The number of benzene rings is 2. The van der Waals surface area contributed by atoms with E-state index in [-0.39, 0.29) is 0 Å². The van der Waals surface area contributed by atoms with Gasteiger partial charge in [-0.05, 0) is 58.2 Å². The summed E-state index contributed by atoms with van der Waals surface area (Å²) in [6.07, 6.45) is 1.06. The van der Waals surface area contributed by atoms with Gasteiger partial charge in [0.15, 0.2) is 0 Å². The second kappa shape index (κ2) is 7.14. The molecule has 0 spiro atoms. The number of nitrogens with two attached hydrogens (primary N) is 1. The van der Waals surface area contributed by atoms with E-state index in [2.05, 4.69) is 46.0 Å². The maximum Gasteiger partial charge on any atom is 0.100 e. The summed E-state index contributed by atoms with van der Waals surface area (Å²) in [6.45, 7) is 3.95. The van der Waals surface area contributed by atoms with Gasteiger partial charge < -0.3 is 10.6 Å². The first-order valence-corrected chi connectivity index (χ1v) is 7.72. The summed E-state index contributed by atoms with van der Waals surface area (Å²) in [5.41, 5.74) is 9.49. The molecule has 0 bridgehead atoms. The lowest BCUT2D eigenvalue weighted by atomic mass is 10.1. The monoisotopic (exact) mass is 343 g/mol. The van der Waals surface area contributed by atoms with Crippen LogP contribution in [-0.4, -0.2) is 6.54 Å². The lowest BCUT2D eigenvalue weighted by Crippen LogP contribution is -2.23. The number of hydrogen-bond acceptors (Lipinski definition) is 3. The SMILES string of the molecule is CCCN(Cc1ccc(N)cc1)c1ccc(C#N)c(Br)c1. The van der Waals surface area contributed by atoms with E-state index in [1.54, 1.807) is 0 Å². The van der Waals surface area contributed by atoms with Gasteiger partial charge in [-0.1, -0.05) is 19.1 Å². The highest BCUT2D eigenvalue weighted by Crippen LogP contribution is 2.25. The first kappa shape index (κ1) is 15.4. The van der Waals surface area contributed by atoms with Gasteiger partial charge in [0.25, 0.3) is 0 Å². The lowest BCUT2D eigenvalue weighted by molar-refractivity contribution is 0.767. The van der Waals surface area contributed by atoms with Gasteiger partial charge in [-0.2, -0.15) is 5.26 Å². The first-order valence-electron chi connectivity index (χ1n) is 6.93. The predicted molar refractivity (Wildman–Crippen MR) is 91.1 cm³/mol. The number of halogens is 1. The molecule has 2 N–H and O–H groups in total. The van der Waals surface area contributed by atoms with Crippen LogP contribution < -0.4 is 10.6 Å². The molecule has 0 radical (unpaired) electrons. The zero-order chi connectivity index (χ0) is 15.2. The first-order chi connectivity index (χ1) is 10.1. The van der Waals surface area contributed by atoms with E-state index in [4.69, 9.17) is 11.0 Å². The van der Waals surface area contributed by atoms with E-state index in [9.17, 15) is 0 Å². The van der Waals surface area contributed by atoms with E-state index < -0.39 is 0 Å². The van der Waals surface area contributed by atoms with Crippen LogP contribution in [0.4, 0.5) is 11.4 Å². The molecule has 0 heterocycles. The van der Waals surface area contributed by atoms with Gasteiger partial charge in [0, 0.05) is 28.9 Å². The fourth-order valence-corrected chi connectivity index (χ4v) is 2.66. The topological polar surface area (TPSA) is 53.0 Å². The second-order valence-corrected chi connectivity index (χ2v) is 5.79. The summed E-state index contributed by atoms with van der Waals surface area (Å²) >= 11 is 3.46. The molecule has 0 aliphatic heterocycles. The van der Waals surface area contributed by atoms with Crippen LogP contribution >= 0.6 is 15.9 Å². The van der Waals surface area contributed by atoms with Crippen molar-refractivity contribution in [2.75, 3.05) is 17.2 Å². The molecule has 0 amide bonds. The van der Waals surface area contributed by atoms with Crippen molar-refractivity contribution in [2.24, 2.45) is 0 Å². The molecular weight excluding hydrogens is 326 g/mol. The molecule has 2 aromatic rings. The van der Waals surface area contributed by atoms with Crippen LogP contribution in [0.3, 0.4) is 0 Å². The van der Waals surface area contributed by atoms with Crippen LogP contribution in [0.25, 0.3) is 0 Å². The van der Waals surface area contributed by atoms with Crippen LogP contribution in [0, 0.1) is 11.3 Å². The number of nitriles is 1. The molecule has 0 unspecified atom stereocenters. The molecule has 21 heavy (non-hydrogen) atoms. The summed E-state index contributed by atoms with van der Waals surface area (Å²) < 4.78 is 0.834. The van der Waals surface area contributed by atoms with E-state index >= 15 is 0 Å². The molecule has 0 aliphatic carbocycles. The van der Waals surface area contributed by atoms with Gasteiger partial charge in [0.05, 0.1) is 5.56 Å². The Morgan fingerprint density at radius 1 is 1.19 bits per heavy atom. The molecule has 0 atom stereocenters. The summed E-state index contributed by atoms with van der Waals surface area (Å²) in [6, 6.07) is 16.0. The number of hydrogen-bond donors (Lipinski definition) is 1. The second-order valence-electron chi connectivity index (χ2n) is 4.94. The summed E-state index contributed by atoms with van der Waals surface area (Å²) in [5.74, 6) is 0. The standard InChI is InChI=1S/C17H18BrN3/c1-2-9-21(12-13-3-6-15(20)7-4-13)16-8-5-14(11-19)17(18)10-16/h3-8,10H,2,9,12,20H2,1H3. The Hall–Kier alpha value is -1.99. The Balaban J connectivity index is 2.24. The Morgan fingerprint density at radius 2 is 1.90 bits per heavy atom. The average molecular weight is 344 g/mol. The van der Waals surface area contributed by atoms with Crippen LogP contribution in [-0.2, 0) is 6.54 Å². The number of nitrogen functional groups attached to an aromatic ring is 1. The van der Waals surface area contributed by atoms with Gasteiger partial charge in [-0.25, -0.2) is 0 Å². The molecule has 4 heteroatoms. The number of rotatable bonds is 5. The molecule has 0 aromatic heterocycles. The highest BCUT2D eigenvalue weighted by Gasteiger charge is 2.09. The van der Waals surface area contributed by atoms with E-state index in [0.29, 0.717) is 5.56 Å². The molecule has 0 fully saturated rings. The Bertz CT molecular complexity index is 644. The normalized spacial score (nSPS) is 10.1. The molecular formula is C17H18BrN3. The van der Waals surface area contributed by atoms with Crippen LogP contribution in [0.5, 0.6) is 0 Å². The zero-order valence-electron chi connectivity index (χ0n) is 12.0. The lowest BCUT2D eigenvalue weighted by Gasteiger charge is -2.25. The fourth-order valence-electron chi connectivity index (χ4n) is 2.20.